The Hall–Kier alpha value is -1.40. The summed E-state index contributed by atoms with van der Waals surface area (Å²) in [4.78, 5) is 16.9. The topological polar surface area (TPSA) is 50.6 Å². The summed E-state index contributed by atoms with van der Waals surface area (Å²) in [7, 11) is 0. The van der Waals surface area contributed by atoms with E-state index in [1.807, 2.05) is 15.8 Å². The summed E-state index contributed by atoms with van der Waals surface area (Å²) in [6, 6.07) is 0.397. The highest BCUT2D eigenvalue weighted by atomic mass is 16.5. The first-order chi connectivity index (χ1) is 11.6. The molecule has 6 heteroatoms. The van der Waals surface area contributed by atoms with Gasteiger partial charge in [-0.1, -0.05) is 0 Å². The van der Waals surface area contributed by atoms with Gasteiger partial charge in [0.25, 0.3) is 0 Å². The van der Waals surface area contributed by atoms with Gasteiger partial charge >= 0.3 is 0 Å². The van der Waals surface area contributed by atoms with Gasteiger partial charge in [0.1, 0.15) is 0 Å². The fraction of sp³-hybridized carbons (Fsp3) is 0.778. The van der Waals surface area contributed by atoms with Gasteiger partial charge in [-0.15, -0.1) is 0 Å². The summed E-state index contributed by atoms with van der Waals surface area (Å²) in [5, 5.41) is 4.42. The number of aromatic nitrogens is 2. The molecule has 24 heavy (non-hydrogen) atoms. The second-order valence-corrected chi connectivity index (χ2v) is 7.27. The Morgan fingerprint density at radius 1 is 1.29 bits per heavy atom. The van der Waals surface area contributed by atoms with Crippen LogP contribution in [-0.2, 0) is 16.1 Å². The zero-order chi connectivity index (χ0) is 16.9. The van der Waals surface area contributed by atoms with Crippen molar-refractivity contribution in [2.75, 3.05) is 32.8 Å². The molecule has 0 aromatic carbocycles. The lowest BCUT2D eigenvalue weighted by Gasteiger charge is -2.23. The molecule has 2 aliphatic heterocycles. The normalized spacial score (nSPS) is 23.0. The molecule has 0 spiro atoms. The molecular formula is C18H30N4O2. The Balaban J connectivity index is 1.48. The van der Waals surface area contributed by atoms with Crippen molar-refractivity contribution in [3.63, 3.8) is 0 Å². The van der Waals surface area contributed by atoms with E-state index in [-0.39, 0.29) is 12.0 Å². The number of carbonyl (C=O) groups is 1. The molecule has 2 aliphatic rings. The van der Waals surface area contributed by atoms with E-state index in [1.165, 1.54) is 5.56 Å². The SMILES string of the molecule is CC(C)n1cc(CN2CCCN(C(=O)C[C@@H]3CCCO3)CC2)cn1. The van der Waals surface area contributed by atoms with Crippen molar-refractivity contribution in [3.05, 3.63) is 18.0 Å². The predicted octanol–water partition coefficient (Wildman–Crippen LogP) is 2.07. The number of rotatable bonds is 5. The number of nitrogens with zero attached hydrogens (tertiary/aromatic N) is 4. The Kier molecular flexibility index (Phi) is 5.89. The molecule has 1 aromatic heterocycles. The standard InChI is InChI=1S/C18H30N4O2/c1-15(2)22-14-16(12-19-22)13-20-6-4-7-21(9-8-20)18(23)11-17-5-3-10-24-17/h12,14-15,17H,3-11,13H2,1-2H3/t17-/m0/s1. The average Bonchev–Trinajstić information content (AvgIpc) is 3.16. The van der Waals surface area contributed by atoms with Gasteiger partial charge in [0.05, 0.1) is 18.7 Å². The van der Waals surface area contributed by atoms with Crippen LogP contribution in [0.2, 0.25) is 0 Å². The minimum atomic E-state index is 0.152. The molecule has 1 aromatic rings. The first kappa shape index (κ1) is 17.4. The summed E-state index contributed by atoms with van der Waals surface area (Å²) in [5.74, 6) is 0.261. The number of hydrogen-bond donors (Lipinski definition) is 0. The third kappa shape index (κ3) is 4.57. The largest absolute Gasteiger partial charge is 0.378 e. The van der Waals surface area contributed by atoms with Crippen molar-refractivity contribution < 1.29 is 9.53 Å². The summed E-state index contributed by atoms with van der Waals surface area (Å²) < 4.78 is 7.60. The molecule has 0 N–H and O–H groups in total. The van der Waals surface area contributed by atoms with Crippen LogP contribution in [0.3, 0.4) is 0 Å². The quantitative estimate of drug-likeness (QED) is 0.827. The van der Waals surface area contributed by atoms with Crippen molar-refractivity contribution in [3.8, 4) is 0 Å². The van der Waals surface area contributed by atoms with E-state index >= 15 is 0 Å². The van der Waals surface area contributed by atoms with E-state index in [4.69, 9.17) is 4.74 Å². The fourth-order valence-electron chi connectivity index (χ4n) is 3.51. The summed E-state index contributed by atoms with van der Waals surface area (Å²) in [5.41, 5.74) is 1.25. The highest BCUT2D eigenvalue weighted by molar-refractivity contribution is 5.76. The minimum absolute atomic E-state index is 0.152. The monoisotopic (exact) mass is 334 g/mol. The van der Waals surface area contributed by atoms with Crippen LogP contribution in [0.4, 0.5) is 0 Å². The highest BCUT2D eigenvalue weighted by Crippen LogP contribution is 2.17. The number of hydrogen-bond acceptors (Lipinski definition) is 4. The van der Waals surface area contributed by atoms with Gasteiger partial charge in [0.15, 0.2) is 0 Å². The van der Waals surface area contributed by atoms with E-state index in [9.17, 15) is 4.79 Å². The number of carbonyl (C=O) groups excluding carboxylic acids is 1. The van der Waals surface area contributed by atoms with Crippen LogP contribution in [0.25, 0.3) is 0 Å². The molecule has 6 nitrogen and oxygen atoms in total. The molecule has 0 bridgehead atoms. The van der Waals surface area contributed by atoms with Gasteiger partial charge in [-0.3, -0.25) is 14.4 Å². The zero-order valence-electron chi connectivity index (χ0n) is 15.0. The van der Waals surface area contributed by atoms with Crippen LogP contribution in [0.1, 0.15) is 51.1 Å². The van der Waals surface area contributed by atoms with Crippen molar-refractivity contribution in [2.45, 2.75) is 58.2 Å². The lowest BCUT2D eigenvalue weighted by Crippen LogP contribution is -2.36. The Morgan fingerprint density at radius 2 is 2.17 bits per heavy atom. The minimum Gasteiger partial charge on any atom is -0.378 e. The Morgan fingerprint density at radius 3 is 2.88 bits per heavy atom. The third-order valence-electron chi connectivity index (χ3n) is 4.96. The first-order valence-electron chi connectivity index (χ1n) is 9.26. The van der Waals surface area contributed by atoms with Crippen LogP contribution >= 0.6 is 0 Å². The maximum absolute atomic E-state index is 12.5. The summed E-state index contributed by atoms with van der Waals surface area (Å²) in [6.07, 6.45) is 7.97. The average molecular weight is 334 g/mol. The summed E-state index contributed by atoms with van der Waals surface area (Å²) >= 11 is 0. The molecule has 0 aliphatic carbocycles. The Bertz CT molecular complexity index is 537. The zero-order valence-corrected chi connectivity index (χ0v) is 15.0. The van der Waals surface area contributed by atoms with Gasteiger partial charge in [0.2, 0.25) is 5.91 Å². The van der Waals surface area contributed by atoms with Crippen LogP contribution < -0.4 is 0 Å². The molecule has 1 atom stereocenters. The third-order valence-corrected chi connectivity index (χ3v) is 4.96. The molecule has 2 fully saturated rings. The van der Waals surface area contributed by atoms with E-state index in [1.54, 1.807) is 0 Å². The molecule has 1 amide bonds. The van der Waals surface area contributed by atoms with Crippen LogP contribution in [-0.4, -0.2) is 64.4 Å². The van der Waals surface area contributed by atoms with Crippen molar-refractivity contribution >= 4 is 5.91 Å². The molecule has 2 saturated heterocycles. The molecule has 3 heterocycles. The highest BCUT2D eigenvalue weighted by Gasteiger charge is 2.24. The lowest BCUT2D eigenvalue weighted by molar-refractivity contribution is -0.133. The molecular weight excluding hydrogens is 304 g/mol. The second-order valence-electron chi connectivity index (χ2n) is 7.27. The smallest absolute Gasteiger partial charge is 0.225 e. The van der Waals surface area contributed by atoms with E-state index in [0.29, 0.717) is 12.5 Å². The molecule has 134 valence electrons. The lowest BCUT2D eigenvalue weighted by atomic mass is 10.1. The maximum atomic E-state index is 12.5. The van der Waals surface area contributed by atoms with Crippen molar-refractivity contribution in [1.29, 1.82) is 0 Å². The van der Waals surface area contributed by atoms with E-state index < -0.39 is 0 Å². The molecule has 0 radical (unpaired) electrons. The number of ether oxygens (including phenoxy) is 1. The van der Waals surface area contributed by atoms with E-state index in [2.05, 4.69) is 30.0 Å². The van der Waals surface area contributed by atoms with Gasteiger partial charge in [-0.25, -0.2) is 0 Å². The van der Waals surface area contributed by atoms with E-state index in [0.717, 1.165) is 58.6 Å². The van der Waals surface area contributed by atoms with Crippen LogP contribution in [0, 0.1) is 0 Å². The molecule has 0 unspecified atom stereocenters. The maximum Gasteiger partial charge on any atom is 0.225 e. The predicted molar refractivity (Wildman–Crippen MR) is 92.7 cm³/mol. The summed E-state index contributed by atoms with van der Waals surface area (Å²) in [6.45, 7) is 9.68. The van der Waals surface area contributed by atoms with Gasteiger partial charge in [0, 0.05) is 57.1 Å². The first-order valence-corrected chi connectivity index (χ1v) is 9.26. The fourth-order valence-corrected chi connectivity index (χ4v) is 3.51. The molecule has 0 saturated carbocycles. The van der Waals surface area contributed by atoms with Crippen LogP contribution in [0.5, 0.6) is 0 Å². The van der Waals surface area contributed by atoms with Gasteiger partial charge < -0.3 is 9.64 Å². The van der Waals surface area contributed by atoms with Crippen molar-refractivity contribution in [2.24, 2.45) is 0 Å². The van der Waals surface area contributed by atoms with Gasteiger partial charge in [-0.05, 0) is 33.1 Å². The second kappa shape index (κ2) is 8.12. The Labute approximate surface area is 144 Å². The molecule has 3 rings (SSSR count). The van der Waals surface area contributed by atoms with Crippen LogP contribution in [0.15, 0.2) is 12.4 Å². The number of amides is 1. The van der Waals surface area contributed by atoms with Crippen molar-refractivity contribution in [1.82, 2.24) is 19.6 Å². The van der Waals surface area contributed by atoms with Gasteiger partial charge in [-0.2, -0.15) is 5.10 Å².